The van der Waals surface area contributed by atoms with Crippen LogP contribution in [-0.4, -0.2) is 15.0 Å². The number of hydrogen-bond acceptors (Lipinski definition) is 2. The Balaban J connectivity index is 2.19. The number of hydrogen-bond donors (Lipinski definition) is 1. The van der Waals surface area contributed by atoms with Gasteiger partial charge in [-0.15, -0.1) is 0 Å². The molecular formula is C13H9BrClN3. The van der Waals surface area contributed by atoms with E-state index in [0.717, 1.165) is 26.9 Å². The Labute approximate surface area is 117 Å². The maximum Gasteiger partial charge on any atom is 0.178 e. The number of halogens is 2. The van der Waals surface area contributed by atoms with Crippen molar-refractivity contribution in [3.05, 3.63) is 45.5 Å². The van der Waals surface area contributed by atoms with Gasteiger partial charge in [-0.05, 0) is 46.6 Å². The minimum atomic E-state index is 0.685. The van der Waals surface area contributed by atoms with Gasteiger partial charge >= 0.3 is 0 Å². The van der Waals surface area contributed by atoms with Gasteiger partial charge in [-0.2, -0.15) is 0 Å². The van der Waals surface area contributed by atoms with Crippen molar-refractivity contribution in [1.29, 1.82) is 0 Å². The Morgan fingerprint density at radius 1 is 1.28 bits per heavy atom. The van der Waals surface area contributed by atoms with E-state index < -0.39 is 0 Å². The van der Waals surface area contributed by atoms with Gasteiger partial charge in [0.15, 0.2) is 5.65 Å². The van der Waals surface area contributed by atoms with Crippen molar-refractivity contribution < 1.29 is 0 Å². The van der Waals surface area contributed by atoms with Crippen LogP contribution in [0.4, 0.5) is 0 Å². The molecule has 0 bridgehead atoms. The first-order chi connectivity index (χ1) is 8.63. The summed E-state index contributed by atoms with van der Waals surface area (Å²) in [5.74, 6) is 0.737. The largest absolute Gasteiger partial charge is 0.336 e. The molecule has 18 heavy (non-hydrogen) atoms. The third-order valence-electron chi connectivity index (χ3n) is 2.68. The van der Waals surface area contributed by atoms with Gasteiger partial charge in [-0.1, -0.05) is 17.7 Å². The first-order valence-electron chi connectivity index (χ1n) is 5.41. The van der Waals surface area contributed by atoms with E-state index >= 15 is 0 Å². The molecule has 2 heterocycles. The fraction of sp³-hybridized carbons (Fsp3) is 0.0769. The summed E-state index contributed by atoms with van der Waals surface area (Å²) >= 11 is 9.62. The number of fused-ring (bicyclic) bond motifs is 1. The van der Waals surface area contributed by atoms with Crippen LogP contribution >= 0.6 is 27.5 Å². The van der Waals surface area contributed by atoms with Crippen molar-refractivity contribution in [2.75, 3.05) is 0 Å². The molecule has 0 spiro atoms. The summed E-state index contributed by atoms with van der Waals surface area (Å²) in [5, 5.41) is 0.688. The van der Waals surface area contributed by atoms with E-state index in [1.165, 1.54) is 0 Å². The second-order valence-corrected chi connectivity index (χ2v) is 5.42. The van der Waals surface area contributed by atoms with Crippen LogP contribution in [0.25, 0.3) is 22.6 Å². The number of aromatic amines is 1. The second-order valence-electron chi connectivity index (χ2n) is 4.09. The van der Waals surface area contributed by atoms with Crippen molar-refractivity contribution >= 4 is 38.7 Å². The van der Waals surface area contributed by atoms with Gasteiger partial charge in [-0.25, -0.2) is 9.97 Å². The van der Waals surface area contributed by atoms with Crippen LogP contribution < -0.4 is 0 Å². The lowest BCUT2D eigenvalue weighted by Crippen LogP contribution is -1.83. The van der Waals surface area contributed by atoms with Crippen LogP contribution in [0.1, 0.15) is 5.56 Å². The van der Waals surface area contributed by atoms with Gasteiger partial charge in [0.2, 0.25) is 0 Å². The summed E-state index contributed by atoms with van der Waals surface area (Å²) in [7, 11) is 0. The number of rotatable bonds is 1. The third kappa shape index (κ3) is 2.02. The number of aromatic nitrogens is 3. The number of aryl methyl sites for hydroxylation is 1. The molecule has 2 aromatic heterocycles. The smallest absolute Gasteiger partial charge is 0.178 e. The summed E-state index contributed by atoms with van der Waals surface area (Å²) in [6.45, 7) is 2.01. The van der Waals surface area contributed by atoms with E-state index in [1.807, 2.05) is 31.2 Å². The highest BCUT2D eigenvalue weighted by Gasteiger charge is 2.09. The summed E-state index contributed by atoms with van der Waals surface area (Å²) in [5.41, 5.74) is 3.58. The standard InChI is InChI=1S/C13H9BrClN3/c1-7-2-3-9(10(15)4-7)12-17-11-5-8(14)6-16-13(11)18-12/h2-6H,1H3,(H,16,17,18). The number of pyridine rings is 1. The van der Waals surface area contributed by atoms with E-state index in [1.54, 1.807) is 6.20 Å². The maximum absolute atomic E-state index is 6.23. The van der Waals surface area contributed by atoms with Crippen molar-refractivity contribution in [2.45, 2.75) is 6.92 Å². The Bertz CT molecular complexity index is 736. The molecule has 3 rings (SSSR count). The lowest BCUT2D eigenvalue weighted by molar-refractivity contribution is 1.29. The summed E-state index contributed by atoms with van der Waals surface area (Å²) in [6.07, 6.45) is 1.73. The fourth-order valence-electron chi connectivity index (χ4n) is 1.81. The molecule has 3 aromatic rings. The SMILES string of the molecule is Cc1ccc(-c2nc3ncc(Br)cc3[nH]2)c(Cl)c1. The first kappa shape index (κ1) is 11.7. The molecule has 0 saturated carbocycles. The summed E-state index contributed by atoms with van der Waals surface area (Å²) < 4.78 is 0.917. The Morgan fingerprint density at radius 3 is 2.89 bits per heavy atom. The van der Waals surface area contributed by atoms with Gasteiger partial charge in [0.25, 0.3) is 0 Å². The van der Waals surface area contributed by atoms with Gasteiger partial charge in [0, 0.05) is 16.2 Å². The lowest BCUT2D eigenvalue weighted by atomic mass is 10.1. The number of H-pyrrole nitrogens is 1. The van der Waals surface area contributed by atoms with E-state index in [-0.39, 0.29) is 0 Å². The van der Waals surface area contributed by atoms with Crippen molar-refractivity contribution in [3.63, 3.8) is 0 Å². The first-order valence-corrected chi connectivity index (χ1v) is 6.58. The number of nitrogens with zero attached hydrogens (tertiary/aromatic N) is 2. The normalized spacial score (nSPS) is 11.1. The quantitative estimate of drug-likeness (QED) is 0.723. The molecular weight excluding hydrogens is 314 g/mol. The van der Waals surface area contributed by atoms with Crippen molar-refractivity contribution in [2.24, 2.45) is 0 Å². The predicted molar refractivity (Wildman–Crippen MR) is 76.8 cm³/mol. The van der Waals surface area contributed by atoms with Crippen LogP contribution in [-0.2, 0) is 0 Å². The fourth-order valence-corrected chi connectivity index (χ4v) is 2.47. The van der Waals surface area contributed by atoms with E-state index in [0.29, 0.717) is 10.7 Å². The molecule has 0 unspecified atom stereocenters. The minimum absolute atomic E-state index is 0.685. The van der Waals surface area contributed by atoms with E-state index in [9.17, 15) is 0 Å². The van der Waals surface area contributed by atoms with Crippen LogP contribution in [0.15, 0.2) is 34.9 Å². The van der Waals surface area contributed by atoms with Gasteiger partial charge in [-0.3, -0.25) is 0 Å². The molecule has 0 fully saturated rings. The molecule has 90 valence electrons. The van der Waals surface area contributed by atoms with Crippen LogP contribution in [0, 0.1) is 6.92 Å². The second kappa shape index (κ2) is 4.37. The average Bonchev–Trinajstić information content (AvgIpc) is 2.71. The lowest BCUT2D eigenvalue weighted by Gasteiger charge is -2.01. The number of imidazole rings is 1. The highest BCUT2D eigenvalue weighted by atomic mass is 79.9. The van der Waals surface area contributed by atoms with Crippen LogP contribution in [0.2, 0.25) is 5.02 Å². The highest BCUT2D eigenvalue weighted by Crippen LogP contribution is 2.28. The van der Waals surface area contributed by atoms with Crippen LogP contribution in [0.3, 0.4) is 0 Å². The molecule has 1 aromatic carbocycles. The molecule has 3 nitrogen and oxygen atoms in total. The molecule has 0 saturated heterocycles. The van der Waals surface area contributed by atoms with Crippen molar-refractivity contribution in [3.8, 4) is 11.4 Å². The van der Waals surface area contributed by atoms with Gasteiger partial charge in [0.1, 0.15) is 5.82 Å². The number of nitrogens with one attached hydrogen (secondary N) is 1. The predicted octanol–water partition coefficient (Wildman–Crippen LogP) is 4.35. The van der Waals surface area contributed by atoms with Crippen LogP contribution in [0.5, 0.6) is 0 Å². The summed E-state index contributed by atoms with van der Waals surface area (Å²) in [4.78, 5) is 11.9. The molecule has 0 atom stereocenters. The molecule has 0 aliphatic rings. The molecule has 0 radical (unpaired) electrons. The average molecular weight is 323 g/mol. The number of benzene rings is 1. The minimum Gasteiger partial charge on any atom is -0.336 e. The monoisotopic (exact) mass is 321 g/mol. The third-order valence-corrected chi connectivity index (χ3v) is 3.43. The zero-order valence-electron chi connectivity index (χ0n) is 9.54. The topological polar surface area (TPSA) is 41.6 Å². The molecule has 0 aliphatic carbocycles. The highest BCUT2D eigenvalue weighted by molar-refractivity contribution is 9.10. The molecule has 1 N–H and O–H groups in total. The summed E-state index contributed by atoms with van der Waals surface area (Å²) in [6, 6.07) is 7.84. The molecule has 5 heteroatoms. The molecule has 0 aliphatic heterocycles. The van der Waals surface area contributed by atoms with Gasteiger partial charge in [0.05, 0.1) is 10.5 Å². The Kier molecular flexibility index (Phi) is 2.84. The Morgan fingerprint density at radius 2 is 2.11 bits per heavy atom. The zero-order valence-corrected chi connectivity index (χ0v) is 11.9. The maximum atomic E-state index is 6.23. The van der Waals surface area contributed by atoms with Crippen molar-refractivity contribution in [1.82, 2.24) is 15.0 Å². The zero-order chi connectivity index (χ0) is 12.7. The van der Waals surface area contributed by atoms with Gasteiger partial charge < -0.3 is 4.98 Å². The van der Waals surface area contributed by atoms with E-state index in [4.69, 9.17) is 11.6 Å². The Hall–Kier alpha value is -1.39. The van der Waals surface area contributed by atoms with E-state index in [2.05, 4.69) is 30.9 Å². The molecule has 0 amide bonds.